The molecular formula is C10H18N2OS2. The lowest BCUT2D eigenvalue weighted by Gasteiger charge is -2.03. The first kappa shape index (κ1) is 13.0. The highest BCUT2D eigenvalue weighted by molar-refractivity contribution is 7.99. The molecule has 0 unspecified atom stereocenters. The number of hydrogen-bond donors (Lipinski definition) is 2. The molecule has 1 heterocycles. The highest BCUT2D eigenvalue weighted by Crippen LogP contribution is 2.11. The molecule has 5 heteroatoms. The van der Waals surface area contributed by atoms with Crippen LogP contribution in [-0.2, 0) is 6.54 Å². The molecule has 0 aliphatic carbocycles. The van der Waals surface area contributed by atoms with Gasteiger partial charge in [-0.05, 0) is 19.1 Å². The fourth-order valence-electron chi connectivity index (χ4n) is 1.11. The average Bonchev–Trinajstić information content (AvgIpc) is 2.63. The van der Waals surface area contributed by atoms with Crippen LogP contribution in [0.5, 0.6) is 0 Å². The minimum Gasteiger partial charge on any atom is -0.396 e. The number of aromatic nitrogens is 1. The van der Waals surface area contributed by atoms with Crippen molar-refractivity contribution in [2.24, 2.45) is 0 Å². The first-order valence-corrected chi connectivity index (χ1v) is 7.16. The summed E-state index contributed by atoms with van der Waals surface area (Å²) >= 11 is 3.59. The van der Waals surface area contributed by atoms with Gasteiger partial charge in [0.05, 0.1) is 11.2 Å². The van der Waals surface area contributed by atoms with Crippen molar-refractivity contribution in [2.45, 2.75) is 19.9 Å². The second-order valence-corrected chi connectivity index (χ2v) is 5.39. The van der Waals surface area contributed by atoms with Crippen molar-refractivity contribution in [3.63, 3.8) is 0 Å². The maximum absolute atomic E-state index is 8.59. The Hall–Kier alpha value is -0.100. The Morgan fingerprint density at radius 1 is 1.53 bits per heavy atom. The van der Waals surface area contributed by atoms with E-state index in [2.05, 4.69) is 10.3 Å². The molecule has 0 aliphatic heterocycles. The summed E-state index contributed by atoms with van der Waals surface area (Å²) in [6.07, 6.45) is 0.901. The summed E-state index contributed by atoms with van der Waals surface area (Å²) in [4.78, 5) is 5.53. The van der Waals surface area contributed by atoms with Crippen LogP contribution in [-0.4, -0.2) is 34.7 Å². The van der Waals surface area contributed by atoms with Gasteiger partial charge in [-0.2, -0.15) is 11.8 Å². The normalized spacial score (nSPS) is 10.8. The molecule has 0 radical (unpaired) electrons. The van der Waals surface area contributed by atoms with Gasteiger partial charge in [-0.15, -0.1) is 11.3 Å². The third kappa shape index (κ3) is 5.51. The molecule has 0 amide bonds. The molecule has 0 bridgehead atoms. The van der Waals surface area contributed by atoms with Crippen LogP contribution in [0.25, 0.3) is 0 Å². The molecule has 3 nitrogen and oxygen atoms in total. The van der Waals surface area contributed by atoms with Crippen LogP contribution in [0.3, 0.4) is 0 Å². The van der Waals surface area contributed by atoms with Gasteiger partial charge in [0.2, 0.25) is 0 Å². The van der Waals surface area contributed by atoms with Gasteiger partial charge in [0, 0.05) is 30.3 Å². The molecule has 0 atom stereocenters. The summed E-state index contributed by atoms with van der Waals surface area (Å²) in [5, 5.41) is 12.0. The number of thiazole rings is 1. The van der Waals surface area contributed by atoms with Gasteiger partial charge >= 0.3 is 0 Å². The van der Waals surface area contributed by atoms with E-state index in [0.717, 1.165) is 36.7 Å². The number of nitrogens with zero attached hydrogens (tertiary/aromatic N) is 1. The fourth-order valence-corrected chi connectivity index (χ4v) is 2.68. The van der Waals surface area contributed by atoms with Crippen LogP contribution >= 0.6 is 23.1 Å². The molecule has 2 N–H and O–H groups in total. The average molecular weight is 246 g/mol. The van der Waals surface area contributed by atoms with Crippen molar-refractivity contribution in [3.05, 3.63) is 16.1 Å². The third-order valence-electron chi connectivity index (χ3n) is 2.00. The zero-order valence-corrected chi connectivity index (χ0v) is 10.7. The number of thioether (sulfide) groups is 1. The highest BCUT2D eigenvalue weighted by atomic mass is 32.2. The van der Waals surface area contributed by atoms with Gasteiger partial charge < -0.3 is 10.4 Å². The smallest absolute Gasteiger partial charge is 0.0798 e. The van der Waals surface area contributed by atoms with E-state index in [1.165, 1.54) is 4.88 Å². The van der Waals surface area contributed by atoms with Crippen LogP contribution < -0.4 is 5.32 Å². The van der Waals surface area contributed by atoms with E-state index in [-0.39, 0.29) is 0 Å². The van der Waals surface area contributed by atoms with Crippen LogP contribution in [0.15, 0.2) is 5.51 Å². The Morgan fingerprint density at radius 2 is 2.40 bits per heavy atom. The number of aryl methyl sites for hydroxylation is 1. The lowest BCUT2D eigenvalue weighted by Crippen LogP contribution is -2.16. The van der Waals surface area contributed by atoms with Crippen LogP contribution in [0.2, 0.25) is 0 Å². The monoisotopic (exact) mass is 246 g/mol. The molecule has 1 aromatic rings. The van der Waals surface area contributed by atoms with E-state index in [1.54, 1.807) is 11.3 Å². The minimum atomic E-state index is 0.306. The van der Waals surface area contributed by atoms with Crippen molar-refractivity contribution in [1.29, 1.82) is 0 Å². The number of nitrogens with one attached hydrogen (secondary N) is 1. The Kier molecular flexibility index (Phi) is 7.00. The molecule has 0 saturated carbocycles. The third-order valence-corrected chi connectivity index (χ3v) is 4.01. The van der Waals surface area contributed by atoms with Gasteiger partial charge in [0.1, 0.15) is 0 Å². The Morgan fingerprint density at radius 3 is 3.07 bits per heavy atom. The molecule has 0 saturated heterocycles. The maximum atomic E-state index is 8.59. The molecule has 1 aromatic heterocycles. The van der Waals surface area contributed by atoms with Crippen LogP contribution in [0.1, 0.15) is 17.0 Å². The quantitative estimate of drug-likeness (QED) is 0.685. The Balaban J connectivity index is 1.96. The lowest BCUT2D eigenvalue weighted by molar-refractivity contribution is 0.296. The number of hydrogen-bond acceptors (Lipinski definition) is 5. The first-order chi connectivity index (χ1) is 7.34. The molecule has 0 aliphatic rings. The van der Waals surface area contributed by atoms with Crippen LogP contribution in [0.4, 0.5) is 0 Å². The largest absolute Gasteiger partial charge is 0.396 e. The summed E-state index contributed by atoms with van der Waals surface area (Å²) in [5.74, 6) is 2.16. The molecule has 0 aromatic carbocycles. The number of aliphatic hydroxyl groups excluding tert-OH is 1. The summed E-state index contributed by atoms with van der Waals surface area (Å²) in [6.45, 7) is 4.30. The first-order valence-electron chi connectivity index (χ1n) is 5.13. The molecule has 0 spiro atoms. The second-order valence-electron chi connectivity index (χ2n) is 3.23. The van der Waals surface area contributed by atoms with Crippen molar-refractivity contribution in [2.75, 3.05) is 24.7 Å². The van der Waals surface area contributed by atoms with E-state index in [9.17, 15) is 0 Å². The van der Waals surface area contributed by atoms with E-state index in [0.29, 0.717) is 6.61 Å². The van der Waals surface area contributed by atoms with E-state index in [1.807, 2.05) is 24.2 Å². The summed E-state index contributed by atoms with van der Waals surface area (Å²) < 4.78 is 0. The Bertz CT molecular complexity index is 266. The highest BCUT2D eigenvalue weighted by Gasteiger charge is 1.99. The van der Waals surface area contributed by atoms with Crippen molar-refractivity contribution in [3.8, 4) is 0 Å². The summed E-state index contributed by atoms with van der Waals surface area (Å²) in [7, 11) is 0. The van der Waals surface area contributed by atoms with Gasteiger partial charge in [-0.3, -0.25) is 0 Å². The van der Waals surface area contributed by atoms with Gasteiger partial charge in [-0.1, -0.05) is 0 Å². The standard InChI is InChI=1S/C10H18N2OS2/c1-9-10(15-8-12-9)7-11-3-6-14-5-2-4-13/h8,11,13H,2-7H2,1H3. The minimum absolute atomic E-state index is 0.306. The van der Waals surface area contributed by atoms with Crippen molar-refractivity contribution in [1.82, 2.24) is 10.3 Å². The lowest BCUT2D eigenvalue weighted by atomic mass is 10.4. The number of aliphatic hydroxyl groups is 1. The SMILES string of the molecule is Cc1ncsc1CNCCSCCCO. The summed E-state index contributed by atoms with van der Waals surface area (Å²) in [5.41, 5.74) is 3.03. The zero-order valence-electron chi connectivity index (χ0n) is 9.03. The van der Waals surface area contributed by atoms with Gasteiger partial charge in [0.15, 0.2) is 0 Å². The summed E-state index contributed by atoms with van der Waals surface area (Å²) in [6, 6.07) is 0. The number of rotatable bonds is 8. The molecule has 1 rings (SSSR count). The molecule has 15 heavy (non-hydrogen) atoms. The van der Waals surface area contributed by atoms with Gasteiger partial charge in [0.25, 0.3) is 0 Å². The second kappa shape index (κ2) is 8.10. The fraction of sp³-hybridized carbons (Fsp3) is 0.700. The molecular weight excluding hydrogens is 228 g/mol. The Labute approximate surface area is 99.3 Å². The van der Waals surface area contributed by atoms with E-state index < -0.39 is 0 Å². The van der Waals surface area contributed by atoms with Gasteiger partial charge in [-0.25, -0.2) is 4.98 Å². The predicted octanol–water partition coefficient (Wildman–Crippen LogP) is 1.66. The maximum Gasteiger partial charge on any atom is 0.0798 e. The van der Waals surface area contributed by atoms with Crippen LogP contribution in [0, 0.1) is 6.92 Å². The van der Waals surface area contributed by atoms with Crippen molar-refractivity contribution < 1.29 is 5.11 Å². The topological polar surface area (TPSA) is 45.2 Å². The molecule has 0 fully saturated rings. The van der Waals surface area contributed by atoms with Crippen molar-refractivity contribution >= 4 is 23.1 Å². The zero-order chi connectivity index (χ0) is 10.9. The van der Waals surface area contributed by atoms with E-state index >= 15 is 0 Å². The molecule has 86 valence electrons. The predicted molar refractivity (Wildman–Crippen MR) is 67.6 cm³/mol. The van der Waals surface area contributed by atoms with E-state index in [4.69, 9.17) is 5.11 Å².